The van der Waals surface area contributed by atoms with E-state index < -0.39 is 41.0 Å². The number of nitro benzene ring substituents is 1. The van der Waals surface area contributed by atoms with Gasteiger partial charge < -0.3 is 20.4 Å². The number of aliphatic hydroxyl groups is 3. The molecule has 0 aromatic heterocycles. The second kappa shape index (κ2) is 5.54. The Kier molecular flexibility index (Phi) is 4.32. The molecule has 0 aliphatic heterocycles. The van der Waals surface area contributed by atoms with Crippen LogP contribution in [0.15, 0.2) is 18.2 Å². The topological polar surface area (TPSA) is 141 Å². The van der Waals surface area contributed by atoms with Crippen LogP contribution < -0.4 is 0 Å². The summed E-state index contributed by atoms with van der Waals surface area (Å²) in [7, 11) is 0. The van der Waals surface area contributed by atoms with Crippen molar-refractivity contribution in [2.45, 2.75) is 12.2 Å². The first-order valence-corrected chi connectivity index (χ1v) is 4.87. The van der Waals surface area contributed by atoms with Gasteiger partial charge in [-0.3, -0.25) is 10.1 Å². The number of hydrogen-bond acceptors (Lipinski definition) is 6. The first kappa shape index (κ1) is 14.0. The van der Waals surface area contributed by atoms with Gasteiger partial charge in [0.25, 0.3) is 5.69 Å². The van der Waals surface area contributed by atoms with Gasteiger partial charge in [-0.25, -0.2) is 4.79 Å². The molecule has 0 aliphatic carbocycles. The summed E-state index contributed by atoms with van der Waals surface area (Å²) in [5.41, 5.74) is -1.14. The Morgan fingerprint density at radius 2 is 2.00 bits per heavy atom. The zero-order chi connectivity index (χ0) is 13.9. The van der Waals surface area contributed by atoms with Gasteiger partial charge in [-0.15, -0.1) is 0 Å². The van der Waals surface area contributed by atoms with Crippen LogP contribution >= 0.6 is 0 Å². The Morgan fingerprint density at radius 3 is 2.44 bits per heavy atom. The number of carbonyl (C=O) groups is 1. The van der Waals surface area contributed by atoms with Gasteiger partial charge in [0.15, 0.2) is 0 Å². The second-order valence-electron chi connectivity index (χ2n) is 3.53. The van der Waals surface area contributed by atoms with Crippen molar-refractivity contribution in [1.82, 2.24) is 0 Å². The predicted molar refractivity (Wildman–Crippen MR) is 58.1 cm³/mol. The van der Waals surface area contributed by atoms with E-state index in [1.807, 2.05) is 0 Å². The number of benzene rings is 1. The summed E-state index contributed by atoms with van der Waals surface area (Å²) in [6.07, 6.45) is -3.20. The van der Waals surface area contributed by atoms with Crippen LogP contribution in [0.3, 0.4) is 0 Å². The maximum atomic E-state index is 10.9. The molecule has 8 heteroatoms. The van der Waals surface area contributed by atoms with E-state index in [9.17, 15) is 25.1 Å². The number of carboxylic acid groups (broad SMARTS) is 1. The van der Waals surface area contributed by atoms with Crippen LogP contribution in [0, 0.1) is 10.1 Å². The molecule has 1 aromatic carbocycles. The van der Waals surface area contributed by atoms with Gasteiger partial charge in [-0.1, -0.05) is 0 Å². The number of aromatic carboxylic acids is 1. The summed E-state index contributed by atoms with van der Waals surface area (Å²) >= 11 is 0. The molecule has 0 saturated carbocycles. The Hall–Kier alpha value is -2.03. The number of non-ortho nitro benzene ring substituents is 1. The molecule has 2 atom stereocenters. The molecule has 4 N–H and O–H groups in total. The van der Waals surface area contributed by atoms with Crippen LogP contribution in [0.1, 0.15) is 22.0 Å². The van der Waals surface area contributed by atoms with Crippen LogP contribution in [-0.2, 0) is 0 Å². The lowest BCUT2D eigenvalue weighted by Crippen LogP contribution is -2.24. The van der Waals surface area contributed by atoms with Gasteiger partial charge >= 0.3 is 5.97 Å². The molecule has 98 valence electrons. The molecule has 8 nitrogen and oxygen atoms in total. The van der Waals surface area contributed by atoms with Crippen molar-refractivity contribution in [2.75, 3.05) is 6.61 Å². The van der Waals surface area contributed by atoms with E-state index in [4.69, 9.17) is 10.2 Å². The van der Waals surface area contributed by atoms with E-state index >= 15 is 0 Å². The Morgan fingerprint density at radius 1 is 1.39 bits per heavy atom. The largest absolute Gasteiger partial charge is 0.478 e. The van der Waals surface area contributed by atoms with Crippen molar-refractivity contribution in [3.05, 3.63) is 39.4 Å². The normalized spacial score (nSPS) is 13.9. The molecule has 2 unspecified atom stereocenters. The summed E-state index contributed by atoms with van der Waals surface area (Å²) in [6.45, 7) is -0.767. The van der Waals surface area contributed by atoms with Crippen molar-refractivity contribution in [3.63, 3.8) is 0 Å². The number of hydrogen-bond donors (Lipinski definition) is 4. The number of aliphatic hydroxyl groups excluding tert-OH is 3. The van der Waals surface area contributed by atoms with E-state index in [2.05, 4.69) is 0 Å². The van der Waals surface area contributed by atoms with Crippen molar-refractivity contribution >= 4 is 11.7 Å². The summed E-state index contributed by atoms with van der Waals surface area (Å²) in [4.78, 5) is 20.7. The number of nitro groups is 1. The predicted octanol–water partition coefficient (Wildman–Crippen LogP) is -0.320. The molecule has 0 saturated heterocycles. The van der Waals surface area contributed by atoms with Crippen molar-refractivity contribution in [3.8, 4) is 0 Å². The molecule has 0 spiro atoms. The van der Waals surface area contributed by atoms with Gasteiger partial charge in [-0.05, 0) is 11.6 Å². The third-order valence-corrected chi connectivity index (χ3v) is 2.35. The standard InChI is InChI=1S/C10H11NO7/c12-4-8(13)9(14)6-2-1-5(11(17)18)3-7(6)10(15)16/h1-3,8-9,12-14H,4H2,(H,15,16). The van der Waals surface area contributed by atoms with E-state index in [1.165, 1.54) is 0 Å². The summed E-state index contributed by atoms with van der Waals surface area (Å²) in [6, 6.07) is 2.82. The Labute approximate surface area is 101 Å². The summed E-state index contributed by atoms with van der Waals surface area (Å²) in [5, 5.41) is 46.9. The highest BCUT2D eigenvalue weighted by molar-refractivity contribution is 5.90. The van der Waals surface area contributed by atoms with E-state index in [-0.39, 0.29) is 5.56 Å². The van der Waals surface area contributed by atoms with Gasteiger partial charge in [0.05, 0.1) is 17.1 Å². The molecule has 1 rings (SSSR count). The minimum Gasteiger partial charge on any atom is -0.478 e. The van der Waals surface area contributed by atoms with E-state index in [0.29, 0.717) is 0 Å². The monoisotopic (exact) mass is 257 g/mol. The highest BCUT2D eigenvalue weighted by atomic mass is 16.6. The van der Waals surface area contributed by atoms with Crippen molar-refractivity contribution in [2.24, 2.45) is 0 Å². The highest BCUT2D eigenvalue weighted by Crippen LogP contribution is 2.25. The smallest absolute Gasteiger partial charge is 0.336 e. The SMILES string of the molecule is O=C(O)c1cc([N+](=O)[O-])ccc1C(O)C(O)CO. The van der Waals surface area contributed by atoms with Gasteiger partial charge in [0, 0.05) is 12.1 Å². The molecule has 1 aromatic rings. The molecular weight excluding hydrogens is 246 g/mol. The van der Waals surface area contributed by atoms with E-state index in [0.717, 1.165) is 18.2 Å². The lowest BCUT2D eigenvalue weighted by Gasteiger charge is -2.17. The molecule has 0 aliphatic rings. The second-order valence-corrected chi connectivity index (χ2v) is 3.53. The average Bonchev–Trinajstić information content (AvgIpc) is 2.35. The molecule has 0 bridgehead atoms. The van der Waals surface area contributed by atoms with Gasteiger partial charge in [-0.2, -0.15) is 0 Å². The van der Waals surface area contributed by atoms with Crippen LogP contribution in [-0.4, -0.2) is 44.0 Å². The first-order chi connectivity index (χ1) is 8.38. The molecule has 18 heavy (non-hydrogen) atoms. The lowest BCUT2D eigenvalue weighted by atomic mass is 9.98. The van der Waals surface area contributed by atoms with E-state index in [1.54, 1.807) is 0 Å². The number of nitrogens with zero attached hydrogens (tertiary/aromatic N) is 1. The van der Waals surface area contributed by atoms with Crippen LogP contribution in [0.4, 0.5) is 5.69 Å². The fourth-order valence-corrected chi connectivity index (χ4v) is 1.41. The first-order valence-electron chi connectivity index (χ1n) is 4.87. The van der Waals surface area contributed by atoms with Crippen LogP contribution in [0.5, 0.6) is 0 Å². The lowest BCUT2D eigenvalue weighted by molar-refractivity contribution is -0.384. The molecule has 0 heterocycles. The zero-order valence-electron chi connectivity index (χ0n) is 9.05. The fourth-order valence-electron chi connectivity index (χ4n) is 1.41. The zero-order valence-corrected chi connectivity index (χ0v) is 9.05. The highest BCUT2D eigenvalue weighted by Gasteiger charge is 2.25. The maximum Gasteiger partial charge on any atom is 0.336 e. The van der Waals surface area contributed by atoms with Gasteiger partial charge in [0.2, 0.25) is 0 Å². The molecule has 0 fully saturated rings. The molecule has 0 amide bonds. The minimum absolute atomic E-state index is 0.199. The summed E-state index contributed by atoms with van der Waals surface area (Å²) in [5.74, 6) is -1.47. The van der Waals surface area contributed by atoms with Crippen molar-refractivity contribution in [1.29, 1.82) is 0 Å². The van der Waals surface area contributed by atoms with Crippen LogP contribution in [0.25, 0.3) is 0 Å². The van der Waals surface area contributed by atoms with Crippen molar-refractivity contribution < 1.29 is 30.1 Å². The third kappa shape index (κ3) is 2.80. The van der Waals surface area contributed by atoms with Crippen LogP contribution in [0.2, 0.25) is 0 Å². The summed E-state index contributed by atoms with van der Waals surface area (Å²) < 4.78 is 0. The molecule has 0 radical (unpaired) electrons. The Bertz CT molecular complexity index is 473. The molecular formula is C10H11NO7. The average molecular weight is 257 g/mol. The maximum absolute atomic E-state index is 10.9. The Balaban J connectivity index is 3.27. The number of carboxylic acids is 1. The fraction of sp³-hybridized carbons (Fsp3) is 0.300. The third-order valence-electron chi connectivity index (χ3n) is 2.35. The van der Waals surface area contributed by atoms with Gasteiger partial charge in [0.1, 0.15) is 12.2 Å². The minimum atomic E-state index is -1.64. The quantitative estimate of drug-likeness (QED) is 0.418. The number of rotatable bonds is 5.